The molecule has 2 aliphatic heterocycles. The SMILES string of the molecule is CCC(CC)C(=O)N1[C@@H](CC(=O)Nc2ccc3c(c2)OCCO3)C(=O)N[C@@H]2CCCC[C@@H]21. The van der Waals surface area contributed by atoms with Crippen LogP contribution in [0.25, 0.3) is 0 Å². The minimum Gasteiger partial charge on any atom is -0.486 e. The number of fused-ring (bicyclic) bond motifs is 2. The van der Waals surface area contributed by atoms with E-state index in [0.717, 1.165) is 38.5 Å². The summed E-state index contributed by atoms with van der Waals surface area (Å²) in [5.41, 5.74) is 0.573. The number of hydrogen-bond acceptors (Lipinski definition) is 5. The third-order valence-electron chi connectivity index (χ3n) is 6.85. The number of ether oxygens (including phenoxy) is 2. The lowest BCUT2D eigenvalue weighted by molar-refractivity contribution is -0.154. The van der Waals surface area contributed by atoms with Gasteiger partial charge in [-0.25, -0.2) is 0 Å². The summed E-state index contributed by atoms with van der Waals surface area (Å²) in [6.07, 6.45) is 5.18. The molecule has 0 bridgehead atoms. The van der Waals surface area contributed by atoms with Gasteiger partial charge < -0.3 is 25.0 Å². The highest BCUT2D eigenvalue weighted by molar-refractivity contribution is 5.98. The summed E-state index contributed by atoms with van der Waals surface area (Å²) in [7, 11) is 0. The van der Waals surface area contributed by atoms with Gasteiger partial charge in [-0.3, -0.25) is 14.4 Å². The highest BCUT2D eigenvalue weighted by Gasteiger charge is 2.46. The number of hydrogen-bond donors (Lipinski definition) is 2. The Labute approximate surface area is 189 Å². The average molecular weight is 444 g/mol. The zero-order valence-corrected chi connectivity index (χ0v) is 18.9. The predicted octanol–water partition coefficient (Wildman–Crippen LogP) is 2.86. The molecule has 32 heavy (non-hydrogen) atoms. The monoisotopic (exact) mass is 443 g/mol. The first-order valence-electron chi connectivity index (χ1n) is 11.8. The largest absolute Gasteiger partial charge is 0.486 e. The Morgan fingerprint density at radius 1 is 1.12 bits per heavy atom. The van der Waals surface area contributed by atoms with Crippen LogP contribution in [0.5, 0.6) is 11.5 Å². The van der Waals surface area contributed by atoms with Gasteiger partial charge in [-0.15, -0.1) is 0 Å². The molecule has 174 valence electrons. The minimum absolute atomic E-state index is 0.00104. The van der Waals surface area contributed by atoms with Gasteiger partial charge in [-0.05, 0) is 37.8 Å². The van der Waals surface area contributed by atoms with Crippen molar-refractivity contribution < 1.29 is 23.9 Å². The van der Waals surface area contributed by atoms with Crippen LogP contribution in [-0.2, 0) is 14.4 Å². The zero-order chi connectivity index (χ0) is 22.7. The molecule has 0 unspecified atom stereocenters. The van der Waals surface area contributed by atoms with Gasteiger partial charge in [-0.2, -0.15) is 0 Å². The fourth-order valence-electron chi connectivity index (χ4n) is 5.11. The van der Waals surface area contributed by atoms with E-state index in [1.165, 1.54) is 0 Å². The Kier molecular flexibility index (Phi) is 6.86. The lowest BCUT2D eigenvalue weighted by Gasteiger charge is -2.49. The second kappa shape index (κ2) is 9.79. The Morgan fingerprint density at radius 3 is 2.59 bits per heavy atom. The summed E-state index contributed by atoms with van der Waals surface area (Å²) in [5, 5.41) is 5.95. The topological polar surface area (TPSA) is 97.0 Å². The fourth-order valence-corrected chi connectivity index (χ4v) is 5.11. The molecule has 2 N–H and O–H groups in total. The van der Waals surface area contributed by atoms with E-state index < -0.39 is 6.04 Å². The lowest BCUT2D eigenvalue weighted by Crippen LogP contribution is -2.68. The second-order valence-corrected chi connectivity index (χ2v) is 8.85. The number of amides is 3. The molecule has 4 rings (SSSR count). The Morgan fingerprint density at radius 2 is 1.84 bits per heavy atom. The number of piperazine rings is 1. The summed E-state index contributed by atoms with van der Waals surface area (Å²) in [4.78, 5) is 41.2. The summed E-state index contributed by atoms with van der Waals surface area (Å²) in [6.45, 7) is 4.95. The predicted molar refractivity (Wildman–Crippen MR) is 120 cm³/mol. The first kappa shape index (κ1) is 22.4. The first-order valence-corrected chi connectivity index (χ1v) is 11.8. The number of nitrogens with zero attached hydrogens (tertiary/aromatic N) is 1. The summed E-state index contributed by atoms with van der Waals surface area (Å²) in [6, 6.07) is 4.37. The number of anilines is 1. The van der Waals surface area contributed by atoms with Gasteiger partial charge >= 0.3 is 0 Å². The van der Waals surface area contributed by atoms with Crippen molar-refractivity contribution in [1.82, 2.24) is 10.2 Å². The minimum atomic E-state index is -0.792. The molecule has 1 saturated carbocycles. The maximum atomic E-state index is 13.5. The lowest BCUT2D eigenvalue weighted by atomic mass is 9.84. The second-order valence-electron chi connectivity index (χ2n) is 8.85. The van der Waals surface area contributed by atoms with Gasteiger partial charge in [0.25, 0.3) is 0 Å². The molecular formula is C24H33N3O5. The van der Waals surface area contributed by atoms with Crippen LogP contribution in [0.4, 0.5) is 5.69 Å². The standard InChI is InChI=1S/C24H33N3O5/c1-3-15(4-2)24(30)27-18-8-6-5-7-17(18)26-23(29)19(27)14-22(28)25-16-9-10-20-21(13-16)32-12-11-31-20/h9-10,13,15,17-19H,3-8,11-12,14H2,1-2H3,(H,25,28)(H,26,29)/t17-,18+,19+/m1/s1. The van der Waals surface area contributed by atoms with Crippen molar-refractivity contribution in [2.45, 2.75) is 76.9 Å². The highest BCUT2D eigenvalue weighted by atomic mass is 16.6. The molecule has 1 aliphatic carbocycles. The summed E-state index contributed by atoms with van der Waals surface area (Å²) >= 11 is 0. The molecule has 3 amide bonds. The molecule has 1 aromatic rings. The molecule has 1 saturated heterocycles. The molecule has 0 spiro atoms. The van der Waals surface area contributed by atoms with Gasteiger partial charge in [0.05, 0.1) is 12.5 Å². The molecule has 2 fully saturated rings. The quantitative estimate of drug-likeness (QED) is 0.705. The molecule has 0 radical (unpaired) electrons. The Bertz CT molecular complexity index is 869. The number of carbonyl (C=O) groups is 3. The van der Waals surface area contributed by atoms with Gasteiger partial charge in [0.2, 0.25) is 17.7 Å². The van der Waals surface area contributed by atoms with Gasteiger partial charge in [0, 0.05) is 23.7 Å². The normalized spacial score (nSPS) is 24.5. The highest BCUT2D eigenvalue weighted by Crippen LogP contribution is 2.34. The number of nitrogens with one attached hydrogen (secondary N) is 2. The Balaban J connectivity index is 1.52. The Hall–Kier alpha value is -2.77. The third-order valence-corrected chi connectivity index (χ3v) is 6.85. The first-order chi connectivity index (χ1) is 15.5. The summed E-state index contributed by atoms with van der Waals surface area (Å²) in [5.74, 6) is 0.556. The van der Waals surface area contributed by atoms with Crippen LogP contribution in [0.3, 0.4) is 0 Å². The smallest absolute Gasteiger partial charge is 0.243 e. The van der Waals surface area contributed by atoms with E-state index in [-0.39, 0.29) is 42.1 Å². The zero-order valence-electron chi connectivity index (χ0n) is 18.9. The van der Waals surface area contributed by atoms with Gasteiger partial charge in [-0.1, -0.05) is 26.7 Å². The molecule has 1 aromatic carbocycles. The van der Waals surface area contributed by atoms with Crippen LogP contribution >= 0.6 is 0 Å². The molecule has 2 heterocycles. The van der Waals surface area contributed by atoms with Crippen molar-refractivity contribution in [1.29, 1.82) is 0 Å². The number of rotatable bonds is 6. The van der Waals surface area contributed by atoms with Crippen molar-refractivity contribution in [3.05, 3.63) is 18.2 Å². The molecule has 8 heteroatoms. The molecule has 8 nitrogen and oxygen atoms in total. The van der Waals surface area contributed by atoms with E-state index in [1.54, 1.807) is 23.1 Å². The van der Waals surface area contributed by atoms with Crippen molar-refractivity contribution in [3.63, 3.8) is 0 Å². The maximum Gasteiger partial charge on any atom is 0.243 e. The van der Waals surface area contributed by atoms with Crippen LogP contribution in [0.1, 0.15) is 58.8 Å². The fraction of sp³-hybridized carbons (Fsp3) is 0.625. The molecular weight excluding hydrogens is 410 g/mol. The molecule has 3 aliphatic rings. The molecule has 0 aromatic heterocycles. The van der Waals surface area contributed by atoms with E-state index in [2.05, 4.69) is 10.6 Å². The van der Waals surface area contributed by atoms with E-state index in [0.29, 0.717) is 30.4 Å². The van der Waals surface area contributed by atoms with Gasteiger partial charge in [0.15, 0.2) is 11.5 Å². The van der Waals surface area contributed by atoms with Crippen LogP contribution in [0, 0.1) is 5.92 Å². The van der Waals surface area contributed by atoms with E-state index in [1.807, 2.05) is 13.8 Å². The van der Waals surface area contributed by atoms with Crippen molar-refractivity contribution in [2.75, 3.05) is 18.5 Å². The van der Waals surface area contributed by atoms with Crippen molar-refractivity contribution in [2.24, 2.45) is 5.92 Å². The van der Waals surface area contributed by atoms with Crippen LogP contribution in [0.15, 0.2) is 18.2 Å². The number of benzene rings is 1. The van der Waals surface area contributed by atoms with Crippen molar-refractivity contribution >= 4 is 23.4 Å². The summed E-state index contributed by atoms with van der Waals surface area (Å²) < 4.78 is 11.1. The maximum absolute atomic E-state index is 13.5. The van der Waals surface area contributed by atoms with Crippen molar-refractivity contribution in [3.8, 4) is 11.5 Å². The van der Waals surface area contributed by atoms with Crippen LogP contribution < -0.4 is 20.1 Å². The van der Waals surface area contributed by atoms with Crippen LogP contribution in [0.2, 0.25) is 0 Å². The molecule has 3 atom stereocenters. The van der Waals surface area contributed by atoms with Crippen LogP contribution in [-0.4, -0.2) is 54.0 Å². The van der Waals surface area contributed by atoms with E-state index in [4.69, 9.17) is 9.47 Å². The van der Waals surface area contributed by atoms with E-state index >= 15 is 0 Å². The van der Waals surface area contributed by atoms with E-state index in [9.17, 15) is 14.4 Å². The average Bonchev–Trinajstić information content (AvgIpc) is 2.80. The van der Waals surface area contributed by atoms with Gasteiger partial charge in [0.1, 0.15) is 19.3 Å². The number of carbonyl (C=O) groups excluding carboxylic acids is 3. The third kappa shape index (κ3) is 4.54.